The Bertz CT molecular complexity index is 542. The summed E-state index contributed by atoms with van der Waals surface area (Å²) < 4.78 is 0. The van der Waals surface area contributed by atoms with E-state index in [2.05, 4.69) is 12.2 Å². The summed E-state index contributed by atoms with van der Waals surface area (Å²) in [5, 5.41) is 13.9. The van der Waals surface area contributed by atoms with E-state index in [0.29, 0.717) is 24.9 Å². The summed E-state index contributed by atoms with van der Waals surface area (Å²) in [6.07, 6.45) is 6.72. The molecule has 0 aromatic heterocycles. The van der Waals surface area contributed by atoms with Crippen molar-refractivity contribution in [1.29, 1.82) is 0 Å². The lowest BCUT2D eigenvalue weighted by Gasteiger charge is -2.42. The molecule has 2 N–H and O–H groups in total. The van der Waals surface area contributed by atoms with Gasteiger partial charge in [0.15, 0.2) is 0 Å². The van der Waals surface area contributed by atoms with Crippen LogP contribution in [0.3, 0.4) is 0 Å². The lowest BCUT2D eigenvalue weighted by atomic mass is 9.66. The van der Waals surface area contributed by atoms with E-state index in [0.717, 1.165) is 12.1 Å². The van der Waals surface area contributed by atoms with E-state index in [-0.39, 0.29) is 6.03 Å². The van der Waals surface area contributed by atoms with Crippen molar-refractivity contribution in [2.75, 3.05) is 19.6 Å². The SMILES string of the molecule is CCCC1(CNC(=O)N2CCC(O)(c3ccccc3)C2)CCC1. The molecule has 1 saturated carbocycles. The van der Waals surface area contributed by atoms with Crippen LogP contribution in [0.15, 0.2) is 30.3 Å². The van der Waals surface area contributed by atoms with Crippen molar-refractivity contribution in [3.05, 3.63) is 35.9 Å². The van der Waals surface area contributed by atoms with Gasteiger partial charge in [0.05, 0.1) is 6.54 Å². The fourth-order valence-corrected chi connectivity index (χ4v) is 4.05. The highest BCUT2D eigenvalue weighted by Crippen LogP contribution is 2.44. The molecule has 1 aliphatic heterocycles. The second-order valence-electron chi connectivity index (χ2n) is 7.33. The van der Waals surface area contributed by atoms with Crippen molar-refractivity contribution in [1.82, 2.24) is 10.2 Å². The Kier molecular flexibility index (Phi) is 4.62. The summed E-state index contributed by atoms with van der Waals surface area (Å²) in [6, 6.07) is 9.65. The van der Waals surface area contributed by atoms with Gasteiger partial charge in [-0.2, -0.15) is 0 Å². The molecule has 1 unspecified atom stereocenters. The van der Waals surface area contributed by atoms with Gasteiger partial charge < -0.3 is 15.3 Å². The summed E-state index contributed by atoms with van der Waals surface area (Å²) in [4.78, 5) is 14.2. The minimum Gasteiger partial charge on any atom is -0.383 e. The Labute approximate surface area is 138 Å². The third-order valence-corrected chi connectivity index (χ3v) is 5.66. The van der Waals surface area contributed by atoms with Gasteiger partial charge in [0.2, 0.25) is 0 Å². The van der Waals surface area contributed by atoms with Crippen LogP contribution in [0.25, 0.3) is 0 Å². The normalized spacial score (nSPS) is 25.9. The maximum absolute atomic E-state index is 12.5. The molecular weight excluding hydrogens is 288 g/mol. The lowest BCUT2D eigenvalue weighted by molar-refractivity contribution is 0.0488. The van der Waals surface area contributed by atoms with Crippen molar-refractivity contribution < 1.29 is 9.90 Å². The molecule has 0 spiro atoms. The maximum Gasteiger partial charge on any atom is 0.317 e. The quantitative estimate of drug-likeness (QED) is 0.876. The van der Waals surface area contributed by atoms with Gasteiger partial charge in [-0.15, -0.1) is 0 Å². The molecule has 2 amide bonds. The number of hydrogen-bond donors (Lipinski definition) is 2. The minimum absolute atomic E-state index is 0.0285. The van der Waals surface area contributed by atoms with Crippen LogP contribution in [-0.2, 0) is 5.60 Å². The molecule has 0 bridgehead atoms. The molecule has 4 nitrogen and oxygen atoms in total. The van der Waals surface area contributed by atoms with Gasteiger partial charge in [-0.1, -0.05) is 50.1 Å². The van der Waals surface area contributed by atoms with Crippen molar-refractivity contribution in [3.8, 4) is 0 Å². The molecule has 1 aliphatic carbocycles. The number of nitrogens with one attached hydrogen (secondary N) is 1. The van der Waals surface area contributed by atoms with E-state index in [1.54, 1.807) is 4.90 Å². The average molecular weight is 316 g/mol. The fourth-order valence-electron chi connectivity index (χ4n) is 4.05. The molecule has 0 radical (unpaired) electrons. The fraction of sp³-hybridized carbons (Fsp3) is 0.632. The number of carbonyl (C=O) groups is 1. The zero-order chi connectivity index (χ0) is 16.3. The van der Waals surface area contributed by atoms with Crippen LogP contribution >= 0.6 is 0 Å². The van der Waals surface area contributed by atoms with E-state index >= 15 is 0 Å². The smallest absolute Gasteiger partial charge is 0.317 e. The molecule has 1 aromatic carbocycles. The van der Waals surface area contributed by atoms with Crippen molar-refractivity contribution in [2.24, 2.45) is 5.41 Å². The third kappa shape index (κ3) is 3.37. The Morgan fingerprint density at radius 2 is 2.00 bits per heavy atom. The van der Waals surface area contributed by atoms with Crippen LogP contribution in [0.1, 0.15) is 51.0 Å². The van der Waals surface area contributed by atoms with Crippen LogP contribution in [0.5, 0.6) is 0 Å². The topological polar surface area (TPSA) is 52.6 Å². The molecular formula is C19H28N2O2. The largest absolute Gasteiger partial charge is 0.383 e. The van der Waals surface area contributed by atoms with Crippen LogP contribution in [-0.4, -0.2) is 35.7 Å². The highest BCUT2D eigenvalue weighted by atomic mass is 16.3. The maximum atomic E-state index is 12.5. The number of aliphatic hydroxyl groups is 1. The first kappa shape index (κ1) is 16.3. The van der Waals surface area contributed by atoms with Crippen LogP contribution < -0.4 is 5.32 Å². The van der Waals surface area contributed by atoms with Gasteiger partial charge in [-0.25, -0.2) is 4.79 Å². The van der Waals surface area contributed by atoms with Crippen LogP contribution in [0, 0.1) is 5.41 Å². The Morgan fingerprint density at radius 3 is 2.61 bits per heavy atom. The Morgan fingerprint density at radius 1 is 1.26 bits per heavy atom. The number of benzene rings is 1. The average Bonchev–Trinajstić information content (AvgIpc) is 2.94. The number of amides is 2. The first-order valence-electron chi connectivity index (χ1n) is 8.88. The van der Waals surface area contributed by atoms with Crippen molar-refractivity contribution in [3.63, 3.8) is 0 Å². The number of nitrogens with zero attached hydrogens (tertiary/aromatic N) is 1. The number of β-amino-alcohol motifs (C(OH)–C–C–N with tert-alkyl or cyclic N) is 1. The Balaban J connectivity index is 1.55. The highest BCUT2D eigenvalue weighted by Gasteiger charge is 2.41. The summed E-state index contributed by atoms with van der Waals surface area (Å²) in [5.41, 5.74) is 0.326. The van der Waals surface area contributed by atoms with Gasteiger partial charge >= 0.3 is 6.03 Å². The first-order chi connectivity index (χ1) is 11.1. The molecule has 1 aromatic rings. The molecule has 1 atom stereocenters. The number of rotatable bonds is 5. The molecule has 126 valence electrons. The first-order valence-corrected chi connectivity index (χ1v) is 8.88. The van der Waals surface area contributed by atoms with Gasteiger partial charge in [0.25, 0.3) is 0 Å². The van der Waals surface area contributed by atoms with E-state index < -0.39 is 5.60 Å². The summed E-state index contributed by atoms with van der Waals surface area (Å²) in [7, 11) is 0. The lowest BCUT2D eigenvalue weighted by Crippen LogP contribution is -2.47. The van der Waals surface area contributed by atoms with Crippen molar-refractivity contribution >= 4 is 6.03 Å². The predicted molar refractivity (Wildman–Crippen MR) is 91.1 cm³/mol. The zero-order valence-corrected chi connectivity index (χ0v) is 14.1. The molecule has 2 aliphatic rings. The van der Waals surface area contributed by atoms with Gasteiger partial charge in [-0.3, -0.25) is 0 Å². The summed E-state index contributed by atoms with van der Waals surface area (Å²) in [6.45, 7) is 3.98. The highest BCUT2D eigenvalue weighted by molar-refractivity contribution is 5.74. The predicted octanol–water partition coefficient (Wildman–Crippen LogP) is 3.26. The summed E-state index contributed by atoms with van der Waals surface area (Å²) in [5.74, 6) is 0. The standard InChI is InChI=1S/C19H28N2O2/c1-2-9-18(10-6-11-18)14-20-17(22)21-13-12-19(23,15-21)16-7-4-3-5-8-16/h3-5,7-8,23H,2,6,9-15H2,1H3,(H,20,22). The van der Waals surface area contributed by atoms with E-state index in [1.807, 2.05) is 30.3 Å². The molecule has 4 heteroatoms. The number of urea groups is 1. The third-order valence-electron chi connectivity index (χ3n) is 5.66. The van der Waals surface area contributed by atoms with Gasteiger partial charge in [-0.05, 0) is 36.7 Å². The van der Waals surface area contributed by atoms with Crippen LogP contribution in [0.4, 0.5) is 4.79 Å². The van der Waals surface area contributed by atoms with Crippen LogP contribution in [0.2, 0.25) is 0 Å². The molecule has 3 rings (SSSR count). The molecule has 1 saturated heterocycles. The minimum atomic E-state index is -0.907. The van der Waals surface area contributed by atoms with Gasteiger partial charge in [0.1, 0.15) is 5.60 Å². The van der Waals surface area contributed by atoms with Crippen molar-refractivity contribution in [2.45, 2.75) is 51.0 Å². The molecule has 1 heterocycles. The number of hydrogen-bond acceptors (Lipinski definition) is 2. The Hall–Kier alpha value is -1.55. The summed E-state index contributed by atoms with van der Waals surface area (Å²) >= 11 is 0. The van der Waals surface area contributed by atoms with E-state index in [4.69, 9.17) is 0 Å². The molecule has 2 fully saturated rings. The van der Waals surface area contributed by atoms with E-state index in [1.165, 1.54) is 32.1 Å². The zero-order valence-electron chi connectivity index (χ0n) is 14.1. The second-order valence-corrected chi connectivity index (χ2v) is 7.33. The number of carbonyl (C=O) groups excluding carboxylic acids is 1. The second kappa shape index (κ2) is 6.52. The molecule has 23 heavy (non-hydrogen) atoms. The van der Waals surface area contributed by atoms with Gasteiger partial charge in [0, 0.05) is 13.1 Å². The monoisotopic (exact) mass is 316 g/mol. The van der Waals surface area contributed by atoms with E-state index in [9.17, 15) is 9.90 Å². The number of likely N-dealkylation sites (tertiary alicyclic amines) is 1.